The van der Waals surface area contributed by atoms with Gasteiger partial charge >= 0.3 is 5.97 Å². The summed E-state index contributed by atoms with van der Waals surface area (Å²) in [7, 11) is 0. The van der Waals surface area contributed by atoms with Crippen LogP contribution in [0.1, 0.15) is 6.42 Å². The molecule has 0 saturated carbocycles. The number of carboxylic acid groups (broad SMARTS) is 1. The SMILES string of the molecule is N#CCN[C@@H](CC#N)C(=O)O. The van der Waals surface area contributed by atoms with Crippen molar-refractivity contribution in [2.45, 2.75) is 12.5 Å². The van der Waals surface area contributed by atoms with Gasteiger partial charge in [0.1, 0.15) is 6.04 Å². The molecular formula is C6H7N3O2. The Labute approximate surface area is 63.9 Å². The van der Waals surface area contributed by atoms with Gasteiger partial charge in [0.05, 0.1) is 25.1 Å². The highest BCUT2D eigenvalue weighted by Gasteiger charge is 2.14. The zero-order chi connectivity index (χ0) is 8.69. The van der Waals surface area contributed by atoms with E-state index in [0.717, 1.165) is 0 Å². The molecule has 0 bridgehead atoms. The fourth-order valence-corrected chi connectivity index (χ4v) is 0.507. The van der Waals surface area contributed by atoms with Crippen LogP contribution in [0.2, 0.25) is 0 Å². The molecule has 0 fully saturated rings. The van der Waals surface area contributed by atoms with E-state index in [1.165, 1.54) is 0 Å². The second-order valence-electron chi connectivity index (χ2n) is 1.79. The van der Waals surface area contributed by atoms with Crippen LogP contribution in [0.4, 0.5) is 0 Å². The van der Waals surface area contributed by atoms with Crippen molar-refractivity contribution < 1.29 is 9.90 Å². The summed E-state index contributed by atoms with van der Waals surface area (Å²) in [5.41, 5.74) is 0. The predicted octanol–water partition coefficient (Wildman–Crippen LogP) is -0.534. The number of rotatable bonds is 4. The maximum atomic E-state index is 10.3. The molecule has 0 unspecified atom stereocenters. The van der Waals surface area contributed by atoms with E-state index in [9.17, 15) is 4.79 Å². The minimum absolute atomic E-state index is 0.0569. The maximum Gasteiger partial charge on any atom is 0.321 e. The molecule has 0 aromatic carbocycles. The molecule has 0 radical (unpaired) electrons. The Kier molecular flexibility index (Phi) is 4.46. The fraction of sp³-hybridized carbons (Fsp3) is 0.500. The molecule has 0 aliphatic carbocycles. The van der Waals surface area contributed by atoms with Gasteiger partial charge in [0.2, 0.25) is 0 Å². The first-order valence-electron chi connectivity index (χ1n) is 2.92. The van der Waals surface area contributed by atoms with Crippen molar-refractivity contribution in [3.05, 3.63) is 0 Å². The quantitative estimate of drug-likeness (QED) is 0.529. The highest BCUT2D eigenvalue weighted by molar-refractivity contribution is 5.73. The number of hydrogen-bond donors (Lipinski definition) is 2. The lowest BCUT2D eigenvalue weighted by Crippen LogP contribution is -2.36. The molecule has 0 saturated heterocycles. The van der Waals surface area contributed by atoms with Gasteiger partial charge in [-0.1, -0.05) is 0 Å². The van der Waals surface area contributed by atoms with Gasteiger partial charge in [-0.05, 0) is 0 Å². The van der Waals surface area contributed by atoms with Crippen LogP contribution in [-0.2, 0) is 4.79 Å². The van der Waals surface area contributed by atoms with E-state index in [1.807, 2.05) is 0 Å². The molecule has 0 aromatic rings. The standard InChI is InChI=1S/C6H7N3O2/c7-2-1-5(6(10)11)9-4-3-8/h5,9H,1,4H2,(H,10,11)/t5-/m0/s1. The van der Waals surface area contributed by atoms with Gasteiger partial charge in [-0.2, -0.15) is 10.5 Å². The highest BCUT2D eigenvalue weighted by Crippen LogP contribution is 1.88. The number of nitrogens with one attached hydrogen (secondary N) is 1. The Bertz CT molecular complexity index is 213. The van der Waals surface area contributed by atoms with Crippen LogP contribution in [0, 0.1) is 22.7 Å². The summed E-state index contributed by atoms with van der Waals surface area (Å²) in [6, 6.07) is 2.50. The molecular weight excluding hydrogens is 146 g/mol. The van der Waals surface area contributed by atoms with Crippen LogP contribution >= 0.6 is 0 Å². The molecule has 5 heteroatoms. The van der Waals surface area contributed by atoms with Gasteiger partial charge < -0.3 is 5.11 Å². The summed E-state index contributed by atoms with van der Waals surface area (Å²) in [6.07, 6.45) is -0.128. The molecule has 0 aromatic heterocycles. The first-order valence-corrected chi connectivity index (χ1v) is 2.92. The number of carboxylic acids is 1. The van der Waals surface area contributed by atoms with Gasteiger partial charge in [-0.15, -0.1) is 0 Å². The summed E-state index contributed by atoms with van der Waals surface area (Å²) in [4.78, 5) is 10.3. The Hall–Kier alpha value is -1.59. The molecule has 2 N–H and O–H groups in total. The van der Waals surface area contributed by atoms with E-state index in [2.05, 4.69) is 5.32 Å². The number of nitriles is 2. The number of nitrogens with zero attached hydrogens (tertiary/aromatic N) is 2. The van der Waals surface area contributed by atoms with E-state index in [1.54, 1.807) is 12.1 Å². The van der Waals surface area contributed by atoms with Crippen molar-refractivity contribution >= 4 is 5.97 Å². The van der Waals surface area contributed by atoms with Crippen molar-refractivity contribution in [1.29, 1.82) is 10.5 Å². The van der Waals surface area contributed by atoms with E-state index in [4.69, 9.17) is 15.6 Å². The molecule has 0 amide bonds. The molecule has 0 heterocycles. The smallest absolute Gasteiger partial charge is 0.321 e. The van der Waals surface area contributed by atoms with Crippen molar-refractivity contribution in [2.75, 3.05) is 6.54 Å². The number of carbonyl (C=O) groups is 1. The summed E-state index contributed by atoms with van der Waals surface area (Å²) in [5, 5.41) is 27.0. The third-order valence-corrected chi connectivity index (χ3v) is 1.02. The van der Waals surface area contributed by atoms with Gasteiger partial charge in [0, 0.05) is 0 Å². The average molecular weight is 153 g/mol. The van der Waals surface area contributed by atoms with Gasteiger partial charge in [-0.3, -0.25) is 10.1 Å². The Morgan fingerprint density at radius 3 is 2.55 bits per heavy atom. The molecule has 5 nitrogen and oxygen atoms in total. The zero-order valence-corrected chi connectivity index (χ0v) is 5.74. The maximum absolute atomic E-state index is 10.3. The predicted molar refractivity (Wildman–Crippen MR) is 35.3 cm³/mol. The van der Waals surface area contributed by atoms with Crippen LogP contribution < -0.4 is 5.32 Å². The second kappa shape index (κ2) is 5.21. The Morgan fingerprint density at radius 2 is 2.18 bits per heavy atom. The first-order chi connectivity index (χ1) is 5.22. The van der Waals surface area contributed by atoms with Crippen molar-refractivity contribution in [3.63, 3.8) is 0 Å². The normalized spacial score (nSPS) is 11.1. The topological polar surface area (TPSA) is 96.9 Å². The summed E-state index contributed by atoms with van der Waals surface area (Å²) < 4.78 is 0. The number of hydrogen-bond acceptors (Lipinski definition) is 4. The second-order valence-corrected chi connectivity index (χ2v) is 1.79. The molecule has 0 aliphatic rings. The van der Waals surface area contributed by atoms with E-state index < -0.39 is 12.0 Å². The van der Waals surface area contributed by atoms with Crippen LogP contribution in [-0.4, -0.2) is 23.7 Å². The van der Waals surface area contributed by atoms with Gasteiger partial charge in [-0.25, -0.2) is 0 Å². The number of aliphatic carboxylic acids is 1. The van der Waals surface area contributed by atoms with Crippen LogP contribution in [0.5, 0.6) is 0 Å². The van der Waals surface area contributed by atoms with Crippen molar-refractivity contribution in [1.82, 2.24) is 5.32 Å². The van der Waals surface area contributed by atoms with Gasteiger partial charge in [0.15, 0.2) is 0 Å². The Morgan fingerprint density at radius 1 is 1.55 bits per heavy atom. The van der Waals surface area contributed by atoms with E-state index in [-0.39, 0.29) is 13.0 Å². The largest absolute Gasteiger partial charge is 0.480 e. The highest BCUT2D eigenvalue weighted by atomic mass is 16.4. The molecule has 0 spiro atoms. The average Bonchev–Trinajstić information content (AvgIpc) is 1.97. The Balaban J connectivity index is 3.83. The minimum atomic E-state index is -1.11. The first kappa shape index (κ1) is 9.41. The van der Waals surface area contributed by atoms with Gasteiger partial charge in [0.25, 0.3) is 0 Å². The minimum Gasteiger partial charge on any atom is -0.480 e. The molecule has 58 valence electrons. The van der Waals surface area contributed by atoms with Crippen LogP contribution in [0.15, 0.2) is 0 Å². The van der Waals surface area contributed by atoms with E-state index >= 15 is 0 Å². The molecule has 11 heavy (non-hydrogen) atoms. The van der Waals surface area contributed by atoms with Crippen LogP contribution in [0.25, 0.3) is 0 Å². The molecule has 1 atom stereocenters. The lowest BCUT2D eigenvalue weighted by atomic mass is 10.2. The lowest BCUT2D eigenvalue weighted by Gasteiger charge is -2.05. The van der Waals surface area contributed by atoms with Crippen molar-refractivity contribution in [3.8, 4) is 12.1 Å². The molecule has 0 rings (SSSR count). The zero-order valence-electron chi connectivity index (χ0n) is 5.74. The van der Waals surface area contributed by atoms with Crippen LogP contribution in [0.3, 0.4) is 0 Å². The molecule has 0 aliphatic heterocycles. The summed E-state index contributed by atoms with van der Waals surface area (Å²) >= 11 is 0. The third kappa shape index (κ3) is 3.90. The summed E-state index contributed by atoms with van der Waals surface area (Å²) in [5.74, 6) is -1.11. The fourth-order valence-electron chi connectivity index (χ4n) is 0.507. The lowest BCUT2D eigenvalue weighted by molar-refractivity contribution is -0.139. The van der Waals surface area contributed by atoms with Crippen molar-refractivity contribution in [2.24, 2.45) is 0 Å². The third-order valence-electron chi connectivity index (χ3n) is 1.02. The summed E-state index contributed by atoms with van der Waals surface area (Å²) in [6.45, 7) is -0.0569. The van der Waals surface area contributed by atoms with E-state index in [0.29, 0.717) is 0 Å². The monoisotopic (exact) mass is 153 g/mol.